The maximum absolute atomic E-state index is 12.1. The van der Waals surface area contributed by atoms with Crippen molar-refractivity contribution in [3.05, 3.63) is 71.0 Å². The van der Waals surface area contributed by atoms with Gasteiger partial charge in [-0.3, -0.25) is 4.79 Å². The van der Waals surface area contributed by atoms with E-state index >= 15 is 0 Å². The first-order valence-corrected chi connectivity index (χ1v) is 7.07. The Morgan fingerprint density at radius 3 is 2.90 bits per heavy atom. The molecule has 0 radical (unpaired) electrons. The zero-order chi connectivity index (χ0) is 14.7. The molecule has 0 spiro atoms. The molecule has 0 aliphatic carbocycles. The van der Waals surface area contributed by atoms with Crippen LogP contribution in [0.3, 0.4) is 0 Å². The summed E-state index contributed by atoms with van der Waals surface area (Å²) in [6.07, 6.45) is 2.55. The third-order valence-electron chi connectivity index (χ3n) is 3.19. The van der Waals surface area contributed by atoms with Gasteiger partial charge < -0.3 is 5.32 Å². The van der Waals surface area contributed by atoms with Gasteiger partial charge >= 0.3 is 0 Å². The van der Waals surface area contributed by atoms with Gasteiger partial charge in [-0.2, -0.15) is 5.10 Å². The van der Waals surface area contributed by atoms with Gasteiger partial charge in [0.05, 0.1) is 5.52 Å². The van der Waals surface area contributed by atoms with Crippen molar-refractivity contribution in [2.45, 2.75) is 6.42 Å². The Labute approximate surface area is 127 Å². The highest BCUT2D eigenvalue weighted by Crippen LogP contribution is 2.11. The minimum absolute atomic E-state index is 0.166. The lowest BCUT2D eigenvalue weighted by molar-refractivity contribution is 0.0949. The summed E-state index contributed by atoms with van der Waals surface area (Å²) in [7, 11) is 0. The van der Waals surface area contributed by atoms with Crippen LogP contribution in [0.15, 0.2) is 54.7 Å². The number of carbonyl (C=O) groups is 1. The molecule has 3 aromatic rings. The molecule has 0 saturated carbocycles. The normalized spacial score (nSPS) is 10.7. The molecule has 106 valence electrons. The van der Waals surface area contributed by atoms with Gasteiger partial charge in [-0.1, -0.05) is 29.8 Å². The molecular formula is C16H14ClN3O. The van der Waals surface area contributed by atoms with Crippen molar-refractivity contribution in [1.29, 1.82) is 0 Å². The summed E-state index contributed by atoms with van der Waals surface area (Å²) in [6.45, 7) is 0.549. The van der Waals surface area contributed by atoms with Crippen LogP contribution in [0.2, 0.25) is 5.02 Å². The fraction of sp³-hybridized carbons (Fsp3) is 0.125. The van der Waals surface area contributed by atoms with Crippen LogP contribution < -0.4 is 5.32 Å². The molecule has 2 aromatic heterocycles. The quantitative estimate of drug-likeness (QED) is 0.805. The molecule has 4 nitrogen and oxygen atoms in total. The minimum Gasteiger partial charge on any atom is -0.350 e. The summed E-state index contributed by atoms with van der Waals surface area (Å²) >= 11 is 5.93. The van der Waals surface area contributed by atoms with E-state index in [1.54, 1.807) is 10.6 Å². The van der Waals surface area contributed by atoms with Gasteiger partial charge in [-0.25, -0.2) is 4.52 Å². The van der Waals surface area contributed by atoms with Crippen LogP contribution in [0.5, 0.6) is 0 Å². The first kappa shape index (κ1) is 13.6. The third kappa shape index (κ3) is 3.23. The van der Waals surface area contributed by atoms with Crippen molar-refractivity contribution in [2.24, 2.45) is 0 Å². The first-order valence-electron chi connectivity index (χ1n) is 6.69. The molecule has 0 aliphatic heterocycles. The molecule has 1 N–H and O–H groups in total. The van der Waals surface area contributed by atoms with Crippen LogP contribution in [0.25, 0.3) is 5.52 Å². The average Bonchev–Trinajstić information content (AvgIpc) is 2.91. The molecule has 2 heterocycles. The number of fused-ring (bicyclic) bond motifs is 1. The predicted molar refractivity (Wildman–Crippen MR) is 82.7 cm³/mol. The van der Waals surface area contributed by atoms with Gasteiger partial charge in [0.1, 0.15) is 0 Å². The molecule has 1 aromatic carbocycles. The Balaban J connectivity index is 1.61. The topological polar surface area (TPSA) is 46.4 Å². The number of carbonyl (C=O) groups excluding carboxylic acids is 1. The second-order valence-electron chi connectivity index (χ2n) is 4.74. The lowest BCUT2D eigenvalue weighted by Gasteiger charge is -2.03. The van der Waals surface area contributed by atoms with Crippen LogP contribution in [-0.2, 0) is 6.42 Å². The number of amides is 1. The largest absolute Gasteiger partial charge is 0.350 e. The Morgan fingerprint density at radius 1 is 1.19 bits per heavy atom. The predicted octanol–water partition coefficient (Wildman–Crippen LogP) is 2.96. The van der Waals surface area contributed by atoms with E-state index in [4.69, 9.17) is 11.6 Å². The van der Waals surface area contributed by atoms with Crippen LogP contribution in [0.1, 0.15) is 16.1 Å². The Morgan fingerprint density at radius 2 is 2.10 bits per heavy atom. The number of hydrogen-bond donors (Lipinski definition) is 1. The molecule has 0 aliphatic rings. The van der Waals surface area contributed by atoms with E-state index in [0.29, 0.717) is 17.3 Å². The Kier molecular flexibility index (Phi) is 3.88. The summed E-state index contributed by atoms with van der Waals surface area (Å²) in [5.41, 5.74) is 2.42. The fourth-order valence-electron chi connectivity index (χ4n) is 2.15. The van der Waals surface area contributed by atoms with Crippen molar-refractivity contribution in [3.63, 3.8) is 0 Å². The van der Waals surface area contributed by atoms with Gasteiger partial charge in [-0.05, 0) is 42.3 Å². The average molecular weight is 300 g/mol. The maximum atomic E-state index is 12.1. The standard InChI is InChI=1S/C16H14ClN3O/c17-13-5-3-4-12(10-13)7-8-18-16(21)15-11-14-6-1-2-9-20(14)19-15/h1-6,9-11H,7-8H2,(H,18,21). The summed E-state index contributed by atoms with van der Waals surface area (Å²) in [5.74, 6) is -0.166. The van der Waals surface area contributed by atoms with Crippen molar-refractivity contribution < 1.29 is 4.79 Å². The Hall–Kier alpha value is -2.33. The second kappa shape index (κ2) is 5.97. The number of benzene rings is 1. The smallest absolute Gasteiger partial charge is 0.271 e. The number of rotatable bonds is 4. The molecule has 0 atom stereocenters. The molecule has 0 saturated heterocycles. The van der Waals surface area contributed by atoms with Gasteiger partial charge in [0.2, 0.25) is 0 Å². The number of halogens is 1. The monoisotopic (exact) mass is 299 g/mol. The minimum atomic E-state index is -0.166. The van der Waals surface area contributed by atoms with E-state index in [2.05, 4.69) is 10.4 Å². The van der Waals surface area contributed by atoms with Gasteiger partial charge in [0.15, 0.2) is 5.69 Å². The lowest BCUT2D eigenvalue weighted by Crippen LogP contribution is -2.26. The van der Waals surface area contributed by atoms with Crippen molar-refractivity contribution in [3.8, 4) is 0 Å². The number of hydrogen-bond acceptors (Lipinski definition) is 2. The van der Waals surface area contributed by atoms with E-state index in [9.17, 15) is 4.79 Å². The zero-order valence-electron chi connectivity index (χ0n) is 11.3. The van der Waals surface area contributed by atoms with Gasteiger partial charge in [-0.15, -0.1) is 0 Å². The second-order valence-corrected chi connectivity index (χ2v) is 5.17. The van der Waals surface area contributed by atoms with Crippen LogP contribution in [0.4, 0.5) is 0 Å². The third-order valence-corrected chi connectivity index (χ3v) is 3.43. The summed E-state index contributed by atoms with van der Waals surface area (Å²) in [4.78, 5) is 12.1. The van der Waals surface area contributed by atoms with E-state index < -0.39 is 0 Å². The van der Waals surface area contributed by atoms with Gasteiger partial charge in [0, 0.05) is 17.8 Å². The molecule has 0 bridgehead atoms. The molecule has 0 unspecified atom stereocenters. The molecule has 3 rings (SSSR count). The van der Waals surface area contributed by atoms with Crippen molar-refractivity contribution >= 4 is 23.0 Å². The number of nitrogens with zero attached hydrogens (tertiary/aromatic N) is 2. The van der Waals surface area contributed by atoms with Crippen LogP contribution in [-0.4, -0.2) is 22.1 Å². The molecule has 0 fully saturated rings. The molecular weight excluding hydrogens is 286 g/mol. The van der Waals surface area contributed by atoms with E-state index in [0.717, 1.165) is 17.5 Å². The summed E-state index contributed by atoms with van der Waals surface area (Å²) in [5, 5.41) is 7.81. The lowest BCUT2D eigenvalue weighted by atomic mass is 10.1. The highest BCUT2D eigenvalue weighted by molar-refractivity contribution is 6.30. The molecule has 5 heteroatoms. The fourth-order valence-corrected chi connectivity index (χ4v) is 2.37. The Bertz CT molecular complexity index is 749. The van der Waals surface area contributed by atoms with E-state index in [-0.39, 0.29) is 5.91 Å². The highest BCUT2D eigenvalue weighted by atomic mass is 35.5. The van der Waals surface area contributed by atoms with Gasteiger partial charge in [0.25, 0.3) is 5.91 Å². The zero-order valence-corrected chi connectivity index (χ0v) is 12.0. The number of pyridine rings is 1. The number of aromatic nitrogens is 2. The summed E-state index contributed by atoms with van der Waals surface area (Å²) < 4.78 is 1.69. The van der Waals surface area contributed by atoms with E-state index in [1.165, 1.54) is 0 Å². The molecule has 21 heavy (non-hydrogen) atoms. The summed E-state index contributed by atoms with van der Waals surface area (Å²) in [6, 6.07) is 15.1. The maximum Gasteiger partial charge on any atom is 0.271 e. The van der Waals surface area contributed by atoms with Crippen LogP contribution >= 0.6 is 11.6 Å². The number of nitrogens with one attached hydrogen (secondary N) is 1. The van der Waals surface area contributed by atoms with E-state index in [1.807, 2.05) is 48.7 Å². The van der Waals surface area contributed by atoms with Crippen molar-refractivity contribution in [2.75, 3.05) is 6.54 Å². The SMILES string of the molecule is O=C(NCCc1cccc(Cl)c1)c1cc2ccccn2n1. The highest BCUT2D eigenvalue weighted by Gasteiger charge is 2.09. The van der Waals surface area contributed by atoms with Crippen LogP contribution in [0, 0.1) is 0 Å². The molecule has 1 amide bonds. The van der Waals surface area contributed by atoms with Crippen molar-refractivity contribution in [1.82, 2.24) is 14.9 Å². The first-order chi connectivity index (χ1) is 10.2.